The summed E-state index contributed by atoms with van der Waals surface area (Å²) in [5.74, 6) is 0.507. The van der Waals surface area contributed by atoms with Crippen molar-refractivity contribution in [2.24, 2.45) is 0 Å². The van der Waals surface area contributed by atoms with E-state index in [-0.39, 0.29) is 5.91 Å². The molecule has 6 heteroatoms. The summed E-state index contributed by atoms with van der Waals surface area (Å²) < 4.78 is 0. The Labute approximate surface area is 114 Å². The first-order valence-corrected chi connectivity index (χ1v) is 6.91. The van der Waals surface area contributed by atoms with Crippen LogP contribution in [0.4, 0.5) is 0 Å². The minimum atomic E-state index is -0.202. The van der Waals surface area contributed by atoms with Gasteiger partial charge in [-0.1, -0.05) is 11.6 Å². The number of nitrogens with zero attached hydrogens (tertiary/aromatic N) is 1. The van der Waals surface area contributed by atoms with Crippen molar-refractivity contribution < 1.29 is 4.79 Å². The van der Waals surface area contributed by atoms with Gasteiger partial charge in [-0.2, -0.15) is 0 Å². The third-order valence-electron chi connectivity index (χ3n) is 2.39. The standard InChI is InChI=1S/C12H12ClN3OS/c1-18-8-2-3-10(13)9(6-8)12(17)16-7-11-14-4-5-15-11/h2-6H,7H2,1H3,(H,14,15)(H,16,17). The van der Waals surface area contributed by atoms with Crippen molar-refractivity contribution >= 4 is 29.3 Å². The third-order valence-corrected chi connectivity index (χ3v) is 3.44. The minimum Gasteiger partial charge on any atom is -0.347 e. The molecule has 2 rings (SSSR count). The zero-order valence-electron chi connectivity index (χ0n) is 9.74. The summed E-state index contributed by atoms with van der Waals surface area (Å²) in [4.78, 5) is 19.9. The molecule has 0 aliphatic carbocycles. The summed E-state index contributed by atoms with van der Waals surface area (Å²) in [7, 11) is 0. The molecule has 4 nitrogen and oxygen atoms in total. The van der Waals surface area contributed by atoms with E-state index in [1.807, 2.05) is 12.3 Å². The van der Waals surface area contributed by atoms with Crippen LogP contribution >= 0.6 is 23.4 Å². The second kappa shape index (κ2) is 5.93. The van der Waals surface area contributed by atoms with Gasteiger partial charge >= 0.3 is 0 Å². The Balaban J connectivity index is 2.08. The average Bonchev–Trinajstić information content (AvgIpc) is 2.89. The van der Waals surface area contributed by atoms with Crippen molar-refractivity contribution in [3.05, 3.63) is 47.0 Å². The van der Waals surface area contributed by atoms with Crippen LogP contribution in [-0.4, -0.2) is 22.1 Å². The summed E-state index contributed by atoms with van der Waals surface area (Å²) in [5.41, 5.74) is 0.482. The van der Waals surface area contributed by atoms with Gasteiger partial charge in [0.1, 0.15) is 5.82 Å². The van der Waals surface area contributed by atoms with Gasteiger partial charge < -0.3 is 10.3 Å². The fourth-order valence-corrected chi connectivity index (χ4v) is 2.10. The number of thioether (sulfide) groups is 1. The fraction of sp³-hybridized carbons (Fsp3) is 0.167. The first-order chi connectivity index (χ1) is 8.70. The number of halogens is 1. The molecule has 1 heterocycles. The monoisotopic (exact) mass is 281 g/mol. The van der Waals surface area contributed by atoms with Gasteiger partial charge in [-0.3, -0.25) is 4.79 Å². The van der Waals surface area contributed by atoms with Crippen LogP contribution in [0.5, 0.6) is 0 Å². The van der Waals surface area contributed by atoms with Crippen LogP contribution < -0.4 is 5.32 Å². The van der Waals surface area contributed by atoms with E-state index in [2.05, 4.69) is 15.3 Å². The summed E-state index contributed by atoms with van der Waals surface area (Å²) in [6.07, 6.45) is 5.30. The lowest BCUT2D eigenvalue weighted by atomic mass is 10.2. The van der Waals surface area contributed by atoms with Crippen molar-refractivity contribution in [2.75, 3.05) is 6.26 Å². The van der Waals surface area contributed by atoms with Crippen LogP contribution in [0.25, 0.3) is 0 Å². The highest BCUT2D eigenvalue weighted by atomic mass is 35.5. The molecular formula is C12H12ClN3OS. The molecule has 0 saturated heterocycles. The van der Waals surface area contributed by atoms with E-state index in [0.717, 1.165) is 4.90 Å². The summed E-state index contributed by atoms with van der Waals surface area (Å²) in [6, 6.07) is 5.40. The van der Waals surface area contributed by atoms with E-state index >= 15 is 0 Å². The average molecular weight is 282 g/mol. The largest absolute Gasteiger partial charge is 0.347 e. The van der Waals surface area contributed by atoms with E-state index < -0.39 is 0 Å². The van der Waals surface area contributed by atoms with Gasteiger partial charge in [0.25, 0.3) is 5.91 Å². The highest BCUT2D eigenvalue weighted by molar-refractivity contribution is 7.98. The van der Waals surface area contributed by atoms with Crippen LogP contribution in [0.3, 0.4) is 0 Å². The van der Waals surface area contributed by atoms with Gasteiger partial charge in [-0.25, -0.2) is 4.98 Å². The van der Waals surface area contributed by atoms with Gasteiger partial charge in [0.05, 0.1) is 17.1 Å². The normalized spacial score (nSPS) is 10.3. The van der Waals surface area contributed by atoms with Crippen LogP contribution in [0.1, 0.15) is 16.2 Å². The van der Waals surface area contributed by atoms with Crippen LogP contribution in [0.15, 0.2) is 35.5 Å². The molecule has 0 radical (unpaired) electrons. The van der Waals surface area contributed by atoms with E-state index in [1.165, 1.54) is 0 Å². The Kier molecular flexibility index (Phi) is 4.28. The number of carbonyl (C=O) groups is 1. The molecule has 0 aliphatic heterocycles. The van der Waals surface area contributed by atoms with Crippen molar-refractivity contribution in [2.45, 2.75) is 11.4 Å². The van der Waals surface area contributed by atoms with Crippen molar-refractivity contribution in [1.29, 1.82) is 0 Å². The first-order valence-electron chi connectivity index (χ1n) is 5.30. The van der Waals surface area contributed by atoms with Gasteiger partial charge in [0.2, 0.25) is 0 Å². The molecule has 0 aliphatic rings. The number of H-pyrrole nitrogens is 1. The number of amides is 1. The van der Waals surface area contributed by atoms with E-state index in [4.69, 9.17) is 11.6 Å². The molecule has 2 aromatic rings. The number of aromatic nitrogens is 2. The number of hydrogen-bond acceptors (Lipinski definition) is 3. The molecule has 1 aromatic carbocycles. The second-order valence-corrected chi connectivity index (χ2v) is 4.85. The highest BCUT2D eigenvalue weighted by Crippen LogP contribution is 2.22. The van der Waals surface area contributed by atoms with Crippen LogP contribution in [0.2, 0.25) is 5.02 Å². The highest BCUT2D eigenvalue weighted by Gasteiger charge is 2.11. The Hall–Kier alpha value is -1.46. The Morgan fingerprint density at radius 2 is 2.39 bits per heavy atom. The smallest absolute Gasteiger partial charge is 0.253 e. The molecule has 0 atom stereocenters. The Bertz CT molecular complexity index is 542. The van der Waals surface area contributed by atoms with Crippen molar-refractivity contribution in [3.63, 3.8) is 0 Å². The molecule has 18 heavy (non-hydrogen) atoms. The molecule has 1 aromatic heterocycles. The minimum absolute atomic E-state index is 0.202. The second-order valence-electron chi connectivity index (χ2n) is 3.56. The molecule has 0 spiro atoms. The van der Waals surface area contributed by atoms with Crippen molar-refractivity contribution in [1.82, 2.24) is 15.3 Å². The van der Waals surface area contributed by atoms with Gasteiger partial charge in [-0.05, 0) is 24.5 Å². The Morgan fingerprint density at radius 1 is 1.56 bits per heavy atom. The zero-order chi connectivity index (χ0) is 13.0. The molecule has 1 amide bonds. The van der Waals surface area contributed by atoms with Crippen molar-refractivity contribution in [3.8, 4) is 0 Å². The van der Waals surface area contributed by atoms with Gasteiger partial charge in [0.15, 0.2) is 0 Å². The molecule has 0 bridgehead atoms. The number of imidazole rings is 1. The predicted octanol–water partition coefficient (Wildman–Crippen LogP) is 2.72. The lowest BCUT2D eigenvalue weighted by molar-refractivity contribution is 0.0950. The summed E-state index contributed by atoms with van der Waals surface area (Å²) in [5, 5.41) is 3.22. The number of rotatable bonds is 4. The Morgan fingerprint density at radius 3 is 3.06 bits per heavy atom. The number of nitrogens with one attached hydrogen (secondary N) is 2. The predicted molar refractivity (Wildman–Crippen MR) is 73.0 cm³/mol. The van der Waals surface area contributed by atoms with Gasteiger partial charge in [0, 0.05) is 17.3 Å². The molecule has 0 fully saturated rings. The van der Waals surface area contributed by atoms with Crippen LogP contribution in [0, 0.1) is 0 Å². The molecular weight excluding hydrogens is 270 g/mol. The van der Waals surface area contributed by atoms with E-state index in [0.29, 0.717) is 23.0 Å². The lowest BCUT2D eigenvalue weighted by Gasteiger charge is -2.07. The zero-order valence-corrected chi connectivity index (χ0v) is 11.3. The lowest BCUT2D eigenvalue weighted by Crippen LogP contribution is -2.23. The van der Waals surface area contributed by atoms with E-state index in [9.17, 15) is 4.79 Å². The molecule has 0 unspecified atom stereocenters. The maximum Gasteiger partial charge on any atom is 0.253 e. The number of carbonyl (C=O) groups excluding carboxylic acids is 1. The maximum atomic E-state index is 12.0. The number of aromatic amines is 1. The molecule has 2 N–H and O–H groups in total. The van der Waals surface area contributed by atoms with Crippen LogP contribution in [-0.2, 0) is 6.54 Å². The summed E-state index contributed by atoms with van der Waals surface area (Å²) >= 11 is 7.58. The molecule has 0 saturated carbocycles. The first kappa shape index (κ1) is 13.0. The quantitative estimate of drug-likeness (QED) is 0.847. The summed E-state index contributed by atoms with van der Waals surface area (Å²) in [6.45, 7) is 0.353. The maximum absolute atomic E-state index is 12.0. The van der Waals surface area contributed by atoms with E-state index in [1.54, 1.807) is 36.3 Å². The van der Waals surface area contributed by atoms with Gasteiger partial charge in [-0.15, -0.1) is 11.8 Å². The molecule has 94 valence electrons. The SMILES string of the molecule is CSc1ccc(Cl)c(C(=O)NCc2ncc[nH]2)c1. The third kappa shape index (κ3) is 3.05. The topological polar surface area (TPSA) is 57.8 Å². The fourth-order valence-electron chi connectivity index (χ4n) is 1.46. The number of hydrogen-bond donors (Lipinski definition) is 2. The number of benzene rings is 1.